The van der Waals surface area contributed by atoms with Crippen LogP contribution in [0.2, 0.25) is 0 Å². The molecule has 0 aliphatic carbocycles. The van der Waals surface area contributed by atoms with Crippen LogP contribution < -0.4 is 0 Å². The molecule has 17 heavy (non-hydrogen) atoms. The van der Waals surface area contributed by atoms with Crippen molar-refractivity contribution in [3.05, 3.63) is 29.3 Å². The van der Waals surface area contributed by atoms with Gasteiger partial charge in [0.2, 0.25) is 0 Å². The normalized spacial score (nSPS) is 12.2. The molecule has 0 fully saturated rings. The zero-order valence-corrected chi connectivity index (χ0v) is 9.15. The molecule has 0 aromatic heterocycles. The molecule has 0 saturated carbocycles. The van der Waals surface area contributed by atoms with Crippen molar-refractivity contribution >= 4 is 17.2 Å². The van der Waals surface area contributed by atoms with Crippen LogP contribution in [-0.2, 0) is 16.5 Å². The number of benzene rings is 1. The molecule has 0 atom stereocenters. The molecule has 0 unspecified atom stereocenters. The van der Waals surface area contributed by atoms with Crippen LogP contribution in [0.3, 0.4) is 0 Å². The third-order valence-electron chi connectivity index (χ3n) is 1.88. The van der Waals surface area contributed by atoms with Crippen LogP contribution in [0.5, 0.6) is 0 Å². The maximum Gasteiger partial charge on any atom is 0.482 e. The second-order valence-electron chi connectivity index (χ2n) is 3.36. The van der Waals surface area contributed by atoms with Crippen molar-refractivity contribution in [2.24, 2.45) is 0 Å². The summed E-state index contributed by atoms with van der Waals surface area (Å²) in [5.41, 5.74) is -0.483. The van der Waals surface area contributed by atoms with E-state index in [1.54, 1.807) is 0 Å². The second kappa shape index (κ2) is 4.41. The van der Waals surface area contributed by atoms with Crippen molar-refractivity contribution in [3.63, 3.8) is 0 Å². The molecule has 1 rings (SSSR count). The Labute approximate surface area is 95.9 Å². The van der Waals surface area contributed by atoms with Gasteiger partial charge in [-0.1, -0.05) is 17.8 Å². The minimum atomic E-state index is -5.14. The Morgan fingerprint density at radius 3 is 2.24 bits per heavy atom. The Morgan fingerprint density at radius 2 is 1.82 bits per heavy atom. The number of halogens is 4. The molecule has 0 bridgehead atoms. The highest BCUT2D eigenvalue weighted by Gasteiger charge is 2.24. The Bertz CT molecular complexity index is 572. The monoisotopic (exact) mass is 265 g/mol. The highest BCUT2D eigenvalue weighted by Crippen LogP contribution is 2.21. The summed E-state index contributed by atoms with van der Waals surface area (Å²) in [6.07, 6.45) is 3.64. The van der Waals surface area contributed by atoms with Gasteiger partial charge in [-0.3, -0.25) is 0 Å². The van der Waals surface area contributed by atoms with Crippen molar-refractivity contribution < 1.29 is 25.3 Å². The molecule has 0 radical (unpaired) electrons. The highest BCUT2D eigenvalue weighted by atomic mass is 32.3. The molecule has 2 nitrogen and oxygen atoms in total. The first kappa shape index (κ1) is 13.6. The fourth-order valence-corrected chi connectivity index (χ4v) is 1.83. The van der Waals surface area contributed by atoms with E-state index in [1.165, 1.54) is 0 Å². The summed E-state index contributed by atoms with van der Waals surface area (Å²) in [6, 6.07) is 2.44. The summed E-state index contributed by atoms with van der Waals surface area (Å²) in [5, 5.41) is 0. The summed E-state index contributed by atoms with van der Waals surface area (Å²) >= 11 is 0. The third-order valence-corrected chi connectivity index (χ3v) is 2.68. The molecule has 0 N–H and O–H groups in total. The van der Waals surface area contributed by atoms with Gasteiger partial charge in [0.05, 0.1) is 4.90 Å². The summed E-state index contributed by atoms with van der Waals surface area (Å²) in [4.78, 5) is -0.858. The number of terminal acetylenes is 1. The lowest BCUT2D eigenvalue weighted by atomic mass is 9.81. The van der Waals surface area contributed by atoms with Crippen LogP contribution in [0.15, 0.2) is 23.1 Å². The molecular formula is C9H6BF4O2S-. The minimum absolute atomic E-state index is 0.112. The largest absolute Gasteiger partial charge is 0.482 e. The summed E-state index contributed by atoms with van der Waals surface area (Å²) in [7, 11) is -5.07. The van der Waals surface area contributed by atoms with E-state index in [-0.39, 0.29) is 11.1 Å². The van der Waals surface area contributed by atoms with Gasteiger partial charge in [0.1, 0.15) is 0 Å². The molecule has 8 heteroatoms. The summed E-state index contributed by atoms with van der Waals surface area (Å²) in [5.74, 6) is 1.97. The molecule has 1 aromatic carbocycles. The van der Waals surface area contributed by atoms with Crippen molar-refractivity contribution in [2.75, 3.05) is 0 Å². The van der Waals surface area contributed by atoms with E-state index in [4.69, 9.17) is 6.42 Å². The van der Waals surface area contributed by atoms with Crippen LogP contribution in [0.25, 0.3) is 0 Å². The smallest absolute Gasteiger partial charge is 0.449 e. The lowest BCUT2D eigenvalue weighted by molar-refractivity contribution is 0.468. The first-order valence-corrected chi connectivity index (χ1v) is 5.76. The molecule has 0 aliphatic rings. The van der Waals surface area contributed by atoms with Gasteiger partial charge in [-0.2, -0.15) is 8.42 Å². The fourth-order valence-electron chi connectivity index (χ4n) is 1.27. The molecule has 0 aliphatic heterocycles. The van der Waals surface area contributed by atoms with Gasteiger partial charge in [-0.25, -0.2) is 0 Å². The standard InChI is InChI=1S/C9H6BF4O2S/c1-2-7-3-8(6-10(11,12)13)5-9(4-7)17(14,15)16/h1,3-5H,6H2/q-1. The zero-order valence-electron chi connectivity index (χ0n) is 8.33. The van der Waals surface area contributed by atoms with E-state index >= 15 is 0 Å². The maximum absolute atomic E-state index is 12.7. The molecule has 0 heterocycles. The van der Waals surface area contributed by atoms with Crippen LogP contribution in [-0.4, -0.2) is 15.4 Å². The second-order valence-corrected chi connectivity index (χ2v) is 4.71. The number of hydrogen-bond acceptors (Lipinski definition) is 2. The van der Waals surface area contributed by atoms with Crippen molar-refractivity contribution in [1.29, 1.82) is 0 Å². The Morgan fingerprint density at radius 1 is 1.24 bits per heavy atom. The van der Waals surface area contributed by atoms with Crippen LogP contribution in [0.4, 0.5) is 16.8 Å². The number of rotatable bonds is 3. The van der Waals surface area contributed by atoms with E-state index in [9.17, 15) is 25.3 Å². The third kappa shape index (κ3) is 4.11. The molecule has 1 aromatic rings. The fraction of sp³-hybridized carbons (Fsp3) is 0.111. The van der Waals surface area contributed by atoms with Crippen LogP contribution in [0.1, 0.15) is 11.1 Å². The van der Waals surface area contributed by atoms with Gasteiger partial charge in [-0.15, -0.1) is 10.3 Å². The molecule has 0 saturated heterocycles. The Kier molecular flexibility index (Phi) is 3.52. The molecule has 92 valence electrons. The van der Waals surface area contributed by atoms with Crippen molar-refractivity contribution in [3.8, 4) is 12.3 Å². The quantitative estimate of drug-likeness (QED) is 0.363. The average Bonchev–Trinajstić information content (AvgIpc) is 2.13. The van der Waals surface area contributed by atoms with E-state index in [0.717, 1.165) is 12.1 Å². The SMILES string of the molecule is C#Cc1cc(C[B-](F)(F)F)cc(S(=O)(=O)F)c1. The molecule has 0 spiro atoms. The topological polar surface area (TPSA) is 34.1 Å². The van der Waals surface area contributed by atoms with E-state index < -0.39 is 28.4 Å². The lowest BCUT2D eigenvalue weighted by Crippen LogP contribution is -2.19. The lowest BCUT2D eigenvalue weighted by Gasteiger charge is -2.14. The Balaban J connectivity index is 3.31. The first-order valence-electron chi connectivity index (χ1n) is 4.38. The predicted octanol–water partition coefficient (Wildman–Crippen LogP) is 2.26. The average molecular weight is 265 g/mol. The minimum Gasteiger partial charge on any atom is -0.449 e. The van der Waals surface area contributed by atoms with Crippen LogP contribution >= 0.6 is 0 Å². The van der Waals surface area contributed by atoms with Gasteiger partial charge in [-0.05, 0) is 18.2 Å². The van der Waals surface area contributed by atoms with E-state index in [2.05, 4.69) is 0 Å². The van der Waals surface area contributed by atoms with Crippen LogP contribution in [0, 0.1) is 12.3 Å². The summed E-state index contributed by atoms with van der Waals surface area (Å²) in [6.45, 7) is -5.14. The van der Waals surface area contributed by atoms with E-state index in [0.29, 0.717) is 6.07 Å². The highest BCUT2D eigenvalue weighted by molar-refractivity contribution is 7.86. The van der Waals surface area contributed by atoms with Crippen molar-refractivity contribution in [1.82, 2.24) is 0 Å². The zero-order chi connectivity index (χ0) is 13.3. The first-order chi connectivity index (χ1) is 7.62. The van der Waals surface area contributed by atoms with Crippen molar-refractivity contribution in [2.45, 2.75) is 11.2 Å². The predicted molar refractivity (Wildman–Crippen MR) is 55.5 cm³/mol. The van der Waals surface area contributed by atoms with Gasteiger partial charge in [0.15, 0.2) is 0 Å². The van der Waals surface area contributed by atoms with Gasteiger partial charge in [0.25, 0.3) is 0 Å². The molecular weight excluding hydrogens is 259 g/mol. The van der Waals surface area contributed by atoms with E-state index in [1.807, 2.05) is 5.92 Å². The van der Waals surface area contributed by atoms with Gasteiger partial charge < -0.3 is 12.9 Å². The van der Waals surface area contributed by atoms with Gasteiger partial charge in [0, 0.05) is 5.56 Å². The number of hydrogen-bond donors (Lipinski definition) is 0. The maximum atomic E-state index is 12.7. The van der Waals surface area contributed by atoms with Gasteiger partial charge >= 0.3 is 17.2 Å². The molecule has 0 amide bonds. The summed E-state index contributed by atoms with van der Waals surface area (Å²) < 4.78 is 70.4. The Hall–Kier alpha value is -1.49.